The van der Waals surface area contributed by atoms with Crippen molar-refractivity contribution in [2.24, 2.45) is 0 Å². The van der Waals surface area contributed by atoms with Crippen molar-refractivity contribution in [1.29, 1.82) is 0 Å². The van der Waals surface area contributed by atoms with Gasteiger partial charge < -0.3 is 8.83 Å². The third kappa shape index (κ3) is 3.12. The van der Waals surface area contributed by atoms with Crippen LogP contribution in [0.25, 0.3) is 11.0 Å². The van der Waals surface area contributed by atoms with Gasteiger partial charge in [-0.15, -0.1) is 0 Å². The lowest BCUT2D eigenvalue weighted by atomic mass is 10.1. The molecule has 0 saturated carbocycles. The van der Waals surface area contributed by atoms with E-state index in [1.54, 1.807) is 29.5 Å². The molecular formula is C22H20N2O3. The fraction of sp³-hybridized carbons (Fsp3) is 0.182. The van der Waals surface area contributed by atoms with E-state index in [1.807, 2.05) is 39.0 Å². The molecule has 0 N–H and O–H groups in total. The molecule has 0 unspecified atom stereocenters. The van der Waals surface area contributed by atoms with Crippen molar-refractivity contribution in [1.82, 2.24) is 4.98 Å². The average molecular weight is 360 g/mol. The lowest BCUT2D eigenvalue weighted by Gasteiger charge is -2.19. The minimum atomic E-state index is -0.240. The number of hydrogen-bond acceptors (Lipinski definition) is 4. The van der Waals surface area contributed by atoms with Gasteiger partial charge in [-0.2, -0.15) is 0 Å². The second-order valence-corrected chi connectivity index (χ2v) is 6.67. The van der Waals surface area contributed by atoms with Crippen molar-refractivity contribution in [3.05, 3.63) is 83.1 Å². The lowest BCUT2D eigenvalue weighted by Crippen LogP contribution is -2.31. The zero-order valence-corrected chi connectivity index (χ0v) is 15.5. The number of anilines is 1. The molecule has 27 heavy (non-hydrogen) atoms. The Morgan fingerprint density at radius 2 is 1.96 bits per heavy atom. The Kier molecular flexibility index (Phi) is 4.28. The van der Waals surface area contributed by atoms with Crippen LogP contribution in [0, 0.1) is 20.8 Å². The topological polar surface area (TPSA) is 59.5 Å². The molecule has 5 nitrogen and oxygen atoms in total. The molecule has 0 aliphatic heterocycles. The number of rotatable bonds is 4. The van der Waals surface area contributed by atoms with Gasteiger partial charge in [-0.25, -0.2) is 4.98 Å². The summed E-state index contributed by atoms with van der Waals surface area (Å²) < 4.78 is 11.5. The average Bonchev–Trinajstić information content (AvgIpc) is 3.29. The highest BCUT2D eigenvalue weighted by Crippen LogP contribution is 2.31. The monoisotopic (exact) mass is 360 g/mol. The third-order valence-corrected chi connectivity index (χ3v) is 4.63. The highest BCUT2D eigenvalue weighted by atomic mass is 16.4. The van der Waals surface area contributed by atoms with Crippen LogP contribution in [-0.2, 0) is 6.54 Å². The first-order chi connectivity index (χ1) is 13.0. The molecule has 0 radical (unpaired) electrons. The van der Waals surface area contributed by atoms with E-state index in [0.29, 0.717) is 17.3 Å². The first kappa shape index (κ1) is 17.1. The molecule has 3 aromatic heterocycles. The van der Waals surface area contributed by atoms with Crippen LogP contribution in [0.5, 0.6) is 0 Å². The van der Waals surface area contributed by atoms with Gasteiger partial charge in [0.2, 0.25) is 0 Å². The number of furan rings is 2. The molecule has 1 aromatic carbocycles. The first-order valence-electron chi connectivity index (χ1n) is 8.80. The maximum atomic E-state index is 13.4. The first-order valence-corrected chi connectivity index (χ1v) is 8.80. The van der Waals surface area contributed by atoms with Crippen LogP contribution in [0.2, 0.25) is 0 Å². The summed E-state index contributed by atoms with van der Waals surface area (Å²) in [5.41, 5.74) is 3.74. The summed E-state index contributed by atoms with van der Waals surface area (Å²) in [5, 5.41) is 0.967. The van der Waals surface area contributed by atoms with E-state index in [9.17, 15) is 4.79 Å². The maximum Gasteiger partial charge on any atom is 0.295 e. The minimum Gasteiger partial charge on any atom is -0.467 e. The zero-order chi connectivity index (χ0) is 19.0. The van der Waals surface area contributed by atoms with E-state index < -0.39 is 0 Å². The normalized spacial score (nSPS) is 11.1. The van der Waals surface area contributed by atoms with E-state index in [2.05, 4.69) is 17.1 Å². The Labute approximate surface area is 157 Å². The minimum absolute atomic E-state index is 0.240. The third-order valence-electron chi connectivity index (χ3n) is 4.63. The molecule has 4 aromatic rings. The van der Waals surface area contributed by atoms with E-state index in [0.717, 1.165) is 27.7 Å². The number of aryl methyl sites for hydroxylation is 3. The predicted molar refractivity (Wildman–Crippen MR) is 104 cm³/mol. The van der Waals surface area contributed by atoms with Gasteiger partial charge >= 0.3 is 0 Å². The van der Waals surface area contributed by atoms with E-state index in [1.165, 1.54) is 0 Å². The molecule has 0 spiro atoms. The summed E-state index contributed by atoms with van der Waals surface area (Å²) >= 11 is 0. The molecular weight excluding hydrogens is 340 g/mol. The van der Waals surface area contributed by atoms with E-state index in [4.69, 9.17) is 8.83 Å². The molecule has 3 heterocycles. The fourth-order valence-electron chi connectivity index (χ4n) is 3.32. The number of pyridine rings is 1. The molecule has 136 valence electrons. The van der Waals surface area contributed by atoms with Gasteiger partial charge in [0.25, 0.3) is 5.91 Å². The lowest BCUT2D eigenvalue weighted by molar-refractivity contribution is 0.0957. The van der Waals surface area contributed by atoms with Crippen LogP contribution in [0.1, 0.15) is 33.0 Å². The van der Waals surface area contributed by atoms with Crippen LogP contribution < -0.4 is 4.90 Å². The summed E-state index contributed by atoms with van der Waals surface area (Å²) in [4.78, 5) is 19.3. The number of nitrogens with zero attached hydrogens (tertiary/aromatic N) is 2. The molecule has 0 saturated heterocycles. The molecule has 0 aliphatic rings. The van der Waals surface area contributed by atoms with Crippen LogP contribution in [0.15, 0.2) is 63.8 Å². The Bertz CT molecular complexity index is 1100. The summed E-state index contributed by atoms with van der Waals surface area (Å²) in [7, 11) is 0. The largest absolute Gasteiger partial charge is 0.467 e. The van der Waals surface area contributed by atoms with Crippen molar-refractivity contribution in [3.63, 3.8) is 0 Å². The van der Waals surface area contributed by atoms with Gasteiger partial charge in [0.05, 0.1) is 12.8 Å². The van der Waals surface area contributed by atoms with Crippen LogP contribution in [-0.4, -0.2) is 10.9 Å². The Hall–Kier alpha value is -3.34. The highest BCUT2D eigenvalue weighted by Gasteiger charge is 2.26. The Morgan fingerprint density at radius 1 is 1.11 bits per heavy atom. The second-order valence-electron chi connectivity index (χ2n) is 6.67. The van der Waals surface area contributed by atoms with Crippen LogP contribution in [0.4, 0.5) is 5.82 Å². The summed E-state index contributed by atoms with van der Waals surface area (Å²) in [6, 6.07) is 13.2. The molecule has 0 bridgehead atoms. The van der Waals surface area contributed by atoms with Gasteiger partial charge in [0.1, 0.15) is 17.2 Å². The Balaban J connectivity index is 1.81. The molecule has 1 amide bonds. The SMILES string of the molecule is Cc1cc(C)c2oc(C(=O)N(Cc3ccco3)c3ccccn3)c(C)c2c1. The summed E-state index contributed by atoms with van der Waals surface area (Å²) in [6.07, 6.45) is 3.26. The van der Waals surface area contributed by atoms with Crippen molar-refractivity contribution in [2.45, 2.75) is 27.3 Å². The van der Waals surface area contributed by atoms with Gasteiger partial charge in [-0.05, 0) is 62.2 Å². The molecule has 0 aliphatic carbocycles. The van der Waals surface area contributed by atoms with Crippen molar-refractivity contribution in [3.8, 4) is 0 Å². The zero-order valence-electron chi connectivity index (χ0n) is 15.5. The standard InChI is InChI=1S/C22H20N2O3/c1-14-11-15(2)20-18(12-14)16(3)21(27-20)22(25)24(13-17-7-6-10-26-17)19-8-4-5-9-23-19/h4-12H,13H2,1-3H3. The molecule has 5 heteroatoms. The van der Waals surface area contributed by atoms with Gasteiger partial charge in [-0.1, -0.05) is 12.1 Å². The maximum absolute atomic E-state index is 13.4. The number of amides is 1. The van der Waals surface area contributed by atoms with Crippen LogP contribution >= 0.6 is 0 Å². The van der Waals surface area contributed by atoms with Crippen molar-refractivity contribution >= 4 is 22.7 Å². The molecule has 0 fully saturated rings. The van der Waals surface area contributed by atoms with Crippen molar-refractivity contribution < 1.29 is 13.6 Å². The van der Waals surface area contributed by atoms with Gasteiger partial charge in [0.15, 0.2) is 5.76 Å². The summed E-state index contributed by atoms with van der Waals surface area (Å²) in [6.45, 7) is 6.22. The summed E-state index contributed by atoms with van der Waals surface area (Å²) in [5.74, 6) is 1.31. The Morgan fingerprint density at radius 3 is 2.67 bits per heavy atom. The van der Waals surface area contributed by atoms with Gasteiger partial charge in [-0.3, -0.25) is 9.69 Å². The van der Waals surface area contributed by atoms with Crippen molar-refractivity contribution in [2.75, 3.05) is 4.90 Å². The van der Waals surface area contributed by atoms with E-state index in [-0.39, 0.29) is 12.5 Å². The highest BCUT2D eigenvalue weighted by molar-refractivity contribution is 6.07. The molecule has 0 atom stereocenters. The number of aromatic nitrogens is 1. The second kappa shape index (κ2) is 6.76. The van der Waals surface area contributed by atoms with Crippen LogP contribution in [0.3, 0.4) is 0 Å². The quantitative estimate of drug-likeness (QED) is 0.502. The molecule has 4 rings (SSSR count). The smallest absolute Gasteiger partial charge is 0.295 e. The number of carbonyl (C=O) groups is 1. The number of hydrogen-bond donors (Lipinski definition) is 0. The number of carbonyl (C=O) groups excluding carboxylic acids is 1. The van der Waals surface area contributed by atoms with E-state index >= 15 is 0 Å². The fourth-order valence-corrected chi connectivity index (χ4v) is 3.32. The number of fused-ring (bicyclic) bond motifs is 1. The van der Waals surface area contributed by atoms with Gasteiger partial charge in [0, 0.05) is 17.1 Å². The predicted octanol–water partition coefficient (Wildman–Crippen LogP) is 5.19. The number of benzene rings is 1.